The monoisotopic (exact) mass is 167 g/mol. The minimum atomic E-state index is -0.0154. The van der Waals surface area contributed by atoms with Crippen LogP contribution in [0.3, 0.4) is 0 Å². The molecule has 1 N–H and O–H groups in total. The third-order valence-corrected chi connectivity index (χ3v) is 2.08. The number of terminal acetylenes is 1. The Bertz CT molecular complexity index is 207. The summed E-state index contributed by atoms with van der Waals surface area (Å²) in [6.45, 7) is 2.89. The summed E-state index contributed by atoms with van der Waals surface area (Å²) in [5, 5.41) is 2.65. The molecule has 3 nitrogen and oxygen atoms in total. The fourth-order valence-corrected chi connectivity index (χ4v) is 1.35. The van der Waals surface area contributed by atoms with Crippen LogP contribution in [-0.2, 0) is 9.53 Å². The van der Waals surface area contributed by atoms with E-state index in [4.69, 9.17) is 11.2 Å². The summed E-state index contributed by atoms with van der Waals surface area (Å²) in [5.41, 5.74) is 0. The van der Waals surface area contributed by atoms with Gasteiger partial charge < -0.3 is 10.1 Å². The maximum atomic E-state index is 11.3. The first kappa shape index (κ1) is 9.08. The molecule has 2 unspecified atom stereocenters. The Kier molecular flexibility index (Phi) is 3.12. The highest BCUT2D eigenvalue weighted by Crippen LogP contribution is 2.19. The fourth-order valence-electron chi connectivity index (χ4n) is 1.35. The lowest BCUT2D eigenvalue weighted by Crippen LogP contribution is -2.34. The van der Waals surface area contributed by atoms with Crippen molar-refractivity contribution < 1.29 is 9.53 Å². The number of nitrogens with one attached hydrogen (secondary N) is 1. The molecule has 0 aromatic carbocycles. The van der Waals surface area contributed by atoms with Crippen molar-refractivity contribution in [1.29, 1.82) is 0 Å². The van der Waals surface area contributed by atoms with Crippen molar-refractivity contribution >= 4 is 5.91 Å². The van der Waals surface area contributed by atoms with Crippen LogP contribution in [0.5, 0.6) is 0 Å². The summed E-state index contributed by atoms with van der Waals surface area (Å²) in [7, 11) is 0. The summed E-state index contributed by atoms with van der Waals surface area (Å²) in [5.74, 6) is 2.36. The standard InChI is InChI=1S/C9H13NO2/c1-3-5-10-9(11)8-4-6-12-7(8)2/h1,7-8H,4-6H2,2H3,(H,10,11). The molecule has 1 amide bonds. The third kappa shape index (κ3) is 1.99. The number of hydrogen-bond donors (Lipinski definition) is 1. The van der Waals surface area contributed by atoms with Crippen LogP contribution in [0.4, 0.5) is 0 Å². The molecule has 12 heavy (non-hydrogen) atoms. The number of carbonyl (C=O) groups is 1. The van der Waals surface area contributed by atoms with Crippen LogP contribution in [0.2, 0.25) is 0 Å². The smallest absolute Gasteiger partial charge is 0.226 e. The topological polar surface area (TPSA) is 38.3 Å². The van der Waals surface area contributed by atoms with Gasteiger partial charge in [0.25, 0.3) is 0 Å². The number of amides is 1. The first-order valence-corrected chi connectivity index (χ1v) is 4.08. The van der Waals surface area contributed by atoms with Gasteiger partial charge in [0, 0.05) is 6.61 Å². The highest BCUT2D eigenvalue weighted by atomic mass is 16.5. The summed E-state index contributed by atoms with van der Waals surface area (Å²) in [6.07, 6.45) is 5.85. The molecule has 1 saturated heterocycles. The second-order valence-electron chi connectivity index (χ2n) is 2.89. The van der Waals surface area contributed by atoms with Gasteiger partial charge in [0.2, 0.25) is 5.91 Å². The molecule has 1 heterocycles. The summed E-state index contributed by atoms with van der Waals surface area (Å²) >= 11 is 0. The van der Waals surface area contributed by atoms with E-state index in [0.717, 1.165) is 6.42 Å². The van der Waals surface area contributed by atoms with E-state index in [1.165, 1.54) is 0 Å². The van der Waals surface area contributed by atoms with Crippen molar-refractivity contribution in [3.63, 3.8) is 0 Å². The molecule has 0 aromatic heterocycles. The van der Waals surface area contributed by atoms with E-state index in [9.17, 15) is 4.79 Å². The lowest BCUT2D eigenvalue weighted by molar-refractivity contribution is -0.126. The van der Waals surface area contributed by atoms with Crippen LogP contribution < -0.4 is 5.32 Å². The Morgan fingerprint density at radius 2 is 2.58 bits per heavy atom. The van der Waals surface area contributed by atoms with Gasteiger partial charge in [0.15, 0.2) is 0 Å². The van der Waals surface area contributed by atoms with Crippen molar-refractivity contribution in [2.75, 3.05) is 13.2 Å². The van der Waals surface area contributed by atoms with Gasteiger partial charge in [-0.2, -0.15) is 0 Å². The molecule has 1 aliphatic heterocycles. The van der Waals surface area contributed by atoms with E-state index in [0.29, 0.717) is 13.2 Å². The minimum Gasteiger partial charge on any atom is -0.378 e. The minimum absolute atomic E-state index is 0.0120. The predicted molar refractivity (Wildman–Crippen MR) is 45.4 cm³/mol. The number of carbonyl (C=O) groups excluding carboxylic acids is 1. The van der Waals surface area contributed by atoms with E-state index >= 15 is 0 Å². The molecule has 1 fully saturated rings. The molecule has 3 heteroatoms. The SMILES string of the molecule is C#CCNC(=O)C1CCOC1C. The molecule has 0 saturated carbocycles. The average molecular weight is 167 g/mol. The van der Waals surface area contributed by atoms with E-state index in [1.54, 1.807) is 0 Å². The van der Waals surface area contributed by atoms with Gasteiger partial charge in [-0.05, 0) is 13.3 Å². The van der Waals surface area contributed by atoms with Crippen LogP contribution in [0.25, 0.3) is 0 Å². The zero-order valence-electron chi connectivity index (χ0n) is 7.17. The molecule has 0 aliphatic carbocycles. The quantitative estimate of drug-likeness (QED) is 0.595. The molecule has 1 rings (SSSR count). The zero-order valence-corrected chi connectivity index (χ0v) is 7.17. The molecule has 0 bridgehead atoms. The Morgan fingerprint density at radius 3 is 3.08 bits per heavy atom. The predicted octanol–water partition coefficient (Wildman–Crippen LogP) is 0.161. The average Bonchev–Trinajstić information content (AvgIpc) is 2.47. The van der Waals surface area contributed by atoms with Gasteiger partial charge in [-0.25, -0.2) is 0 Å². The van der Waals surface area contributed by atoms with Gasteiger partial charge in [0.1, 0.15) is 0 Å². The Balaban J connectivity index is 2.37. The molecule has 0 spiro atoms. The summed E-state index contributed by atoms with van der Waals surface area (Å²) < 4.78 is 5.25. The van der Waals surface area contributed by atoms with E-state index in [2.05, 4.69) is 11.2 Å². The molecular formula is C9H13NO2. The molecule has 0 aromatic rings. The highest BCUT2D eigenvalue weighted by Gasteiger charge is 2.30. The van der Waals surface area contributed by atoms with Crippen molar-refractivity contribution in [1.82, 2.24) is 5.32 Å². The first-order chi connectivity index (χ1) is 5.75. The second kappa shape index (κ2) is 4.13. The van der Waals surface area contributed by atoms with Gasteiger partial charge >= 0.3 is 0 Å². The highest BCUT2D eigenvalue weighted by molar-refractivity contribution is 5.79. The van der Waals surface area contributed by atoms with Crippen molar-refractivity contribution in [2.45, 2.75) is 19.4 Å². The molecule has 0 radical (unpaired) electrons. The lowest BCUT2D eigenvalue weighted by Gasteiger charge is -2.12. The summed E-state index contributed by atoms with van der Waals surface area (Å²) in [6, 6.07) is 0. The van der Waals surface area contributed by atoms with Crippen molar-refractivity contribution in [2.24, 2.45) is 5.92 Å². The summed E-state index contributed by atoms with van der Waals surface area (Å²) in [4.78, 5) is 11.3. The van der Waals surface area contributed by atoms with Crippen molar-refractivity contribution in [3.05, 3.63) is 0 Å². The van der Waals surface area contributed by atoms with Crippen LogP contribution in [0.15, 0.2) is 0 Å². The molecular weight excluding hydrogens is 154 g/mol. The Hall–Kier alpha value is -1.01. The largest absolute Gasteiger partial charge is 0.378 e. The van der Waals surface area contributed by atoms with E-state index < -0.39 is 0 Å². The zero-order chi connectivity index (χ0) is 8.97. The Morgan fingerprint density at radius 1 is 1.83 bits per heavy atom. The van der Waals surface area contributed by atoms with Gasteiger partial charge in [0.05, 0.1) is 18.6 Å². The maximum absolute atomic E-state index is 11.3. The van der Waals surface area contributed by atoms with Gasteiger partial charge in [-0.3, -0.25) is 4.79 Å². The van der Waals surface area contributed by atoms with Crippen LogP contribution in [0, 0.1) is 18.3 Å². The molecule has 2 atom stereocenters. The van der Waals surface area contributed by atoms with E-state index in [1.807, 2.05) is 6.92 Å². The number of hydrogen-bond acceptors (Lipinski definition) is 2. The van der Waals surface area contributed by atoms with Crippen molar-refractivity contribution in [3.8, 4) is 12.3 Å². The van der Waals surface area contributed by atoms with Crippen LogP contribution in [-0.4, -0.2) is 25.2 Å². The third-order valence-electron chi connectivity index (χ3n) is 2.08. The van der Waals surface area contributed by atoms with E-state index in [-0.39, 0.29) is 17.9 Å². The first-order valence-electron chi connectivity index (χ1n) is 4.08. The molecule has 1 aliphatic rings. The number of ether oxygens (including phenoxy) is 1. The van der Waals surface area contributed by atoms with Gasteiger partial charge in [-0.15, -0.1) is 6.42 Å². The Labute approximate surface area is 72.5 Å². The molecule has 66 valence electrons. The maximum Gasteiger partial charge on any atom is 0.226 e. The lowest BCUT2D eigenvalue weighted by atomic mass is 10.0. The normalized spacial score (nSPS) is 28.0. The second-order valence-corrected chi connectivity index (χ2v) is 2.89. The van der Waals surface area contributed by atoms with Crippen LogP contribution >= 0.6 is 0 Å². The fraction of sp³-hybridized carbons (Fsp3) is 0.667. The van der Waals surface area contributed by atoms with Crippen LogP contribution in [0.1, 0.15) is 13.3 Å². The van der Waals surface area contributed by atoms with Gasteiger partial charge in [-0.1, -0.05) is 5.92 Å². The number of rotatable bonds is 2.